The van der Waals surface area contributed by atoms with Crippen molar-refractivity contribution in [1.29, 1.82) is 0 Å². The van der Waals surface area contributed by atoms with Crippen LogP contribution in [0.2, 0.25) is 0 Å². The van der Waals surface area contributed by atoms with Crippen LogP contribution in [0.3, 0.4) is 0 Å². The molecule has 2 rings (SSSR count). The van der Waals surface area contributed by atoms with Gasteiger partial charge in [-0.25, -0.2) is 0 Å². The molecule has 0 saturated heterocycles. The molecule has 0 saturated carbocycles. The lowest BCUT2D eigenvalue weighted by Crippen LogP contribution is -2.37. The van der Waals surface area contributed by atoms with Crippen molar-refractivity contribution in [1.82, 2.24) is 9.34 Å². The summed E-state index contributed by atoms with van der Waals surface area (Å²) in [5.74, 6) is 20.4. The highest BCUT2D eigenvalue weighted by molar-refractivity contribution is 7.89. The Morgan fingerprint density at radius 3 is 1.43 bits per heavy atom. The van der Waals surface area contributed by atoms with Gasteiger partial charge in [-0.1, -0.05) is 95.2 Å². The van der Waals surface area contributed by atoms with Crippen LogP contribution < -0.4 is 0 Å². The minimum atomic E-state index is -0.909. The van der Waals surface area contributed by atoms with Gasteiger partial charge in [-0.15, -0.1) is 12.8 Å². The molecule has 0 aliphatic heterocycles. The fourth-order valence-electron chi connectivity index (χ4n) is 4.41. The molecule has 2 nitrogen and oxygen atoms in total. The first-order valence-electron chi connectivity index (χ1n) is 16.4. The number of rotatable bonds is 12. The lowest BCUT2D eigenvalue weighted by Gasteiger charge is -2.40. The second kappa shape index (κ2) is 30.1. The fraction of sp³-hybridized carbons (Fsp3) is 0.442. The highest BCUT2D eigenvalue weighted by atomic mass is 35.7. The van der Waals surface area contributed by atoms with Crippen molar-refractivity contribution < 1.29 is 14.3 Å². The molecule has 0 radical (unpaired) electrons. The van der Waals surface area contributed by atoms with E-state index in [0.717, 1.165) is 31.6 Å². The van der Waals surface area contributed by atoms with Crippen LogP contribution in [0.25, 0.3) is 0 Å². The number of benzene rings is 2. The highest BCUT2D eigenvalue weighted by Crippen LogP contribution is 2.53. The van der Waals surface area contributed by atoms with Crippen molar-refractivity contribution in [3.05, 3.63) is 70.8 Å². The molecule has 0 bridgehead atoms. The van der Waals surface area contributed by atoms with Gasteiger partial charge in [-0.3, -0.25) is 9.34 Å². The third-order valence-electron chi connectivity index (χ3n) is 7.19. The maximum absolute atomic E-state index is 6.78. The molecule has 0 amide bonds. The molecule has 0 spiro atoms. The number of hydrogen-bond acceptors (Lipinski definition) is 2. The minimum absolute atomic E-state index is 0. The lowest BCUT2D eigenvalue weighted by molar-refractivity contribution is 0.257. The van der Waals surface area contributed by atoms with E-state index in [-0.39, 0.29) is 68.6 Å². The van der Waals surface area contributed by atoms with Gasteiger partial charge in [0.05, 0.1) is 14.7 Å². The predicted octanol–water partition coefficient (Wildman–Crippen LogP) is 14.9. The third kappa shape index (κ3) is 25.6. The van der Waals surface area contributed by atoms with Crippen molar-refractivity contribution in [2.75, 3.05) is 38.0 Å². The molecule has 0 aliphatic rings. The Bertz CT molecular complexity index is 1580. The van der Waals surface area contributed by atoms with E-state index in [1.165, 1.54) is 28.4 Å². The zero-order valence-electron chi connectivity index (χ0n) is 32.9. The number of halogens is 2. The number of nitrogens with zero attached hydrogens (tertiary/aromatic N) is 2. The Morgan fingerprint density at radius 1 is 0.604 bits per heavy atom. The van der Waals surface area contributed by atoms with E-state index in [9.17, 15) is 0 Å². The van der Waals surface area contributed by atoms with Gasteiger partial charge in [0, 0.05) is 44.6 Å². The standard InChI is InChI=1S/C22H29NP2.C20H23Cl2NP2.CH4.2H3P.10H2/c1-8-9-10-11-16-24(6)17-18-25(7)23(22(3,4)5)19-21-14-12-20(2)13-15-21;1-6-7-8-9-14-24(21)15-16-25(22)23(20(3,4)5)17-19-12-10-18(2)11-13-19;;;;;;;;;;;;;/h1,12-15H,17-19H2,2-7H3;1,10-13H,15-17H2,2-5H3;1H4;2*1H3;10*1H. The normalized spacial score (nSPS) is 12.3. The van der Waals surface area contributed by atoms with E-state index >= 15 is 0 Å². The molecule has 2 aromatic carbocycles. The molecule has 53 heavy (non-hydrogen) atoms. The first-order chi connectivity index (χ1) is 23.5. The van der Waals surface area contributed by atoms with Gasteiger partial charge in [-0.2, -0.15) is 19.8 Å². The van der Waals surface area contributed by atoms with Gasteiger partial charge < -0.3 is 0 Å². The summed E-state index contributed by atoms with van der Waals surface area (Å²) in [4.78, 5) is 0. The Labute approximate surface area is 362 Å². The Hall–Kier alpha value is -1.12. The van der Waals surface area contributed by atoms with Crippen LogP contribution in [0, 0.1) is 85.4 Å². The molecular formula is C43H82Cl2N2P6. The Morgan fingerprint density at radius 2 is 1.02 bits per heavy atom. The van der Waals surface area contributed by atoms with E-state index in [1.54, 1.807) is 0 Å². The molecule has 0 fully saturated rings. The summed E-state index contributed by atoms with van der Waals surface area (Å²) in [6, 6.07) is 17.5. The van der Waals surface area contributed by atoms with Crippen LogP contribution in [0.5, 0.6) is 0 Å². The van der Waals surface area contributed by atoms with E-state index in [2.05, 4.69) is 185 Å². The predicted molar refractivity (Wildman–Crippen MR) is 283 cm³/mol. The fourth-order valence-corrected chi connectivity index (χ4v) is 14.0. The molecular weight excluding hydrogens is 801 g/mol. The van der Waals surface area contributed by atoms with E-state index < -0.39 is 14.7 Å². The zero-order valence-corrected chi connectivity index (χ0v) is 40.8. The van der Waals surface area contributed by atoms with Gasteiger partial charge in [0.2, 0.25) is 0 Å². The maximum Gasteiger partial charge on any atom is 0.0693 e. The zero-order chi connectivity index (χ0) is 37.7. The van der Waals surface area contributed by atoms with Crippen LogP contribution in [-0.4, -0.2) is 58.4 Å². The second-order valence-corrected chi connectivity index (χ2v) is 23.3. The lowest BCUT2D eigenvalue weighted by atomic mass is 10.1. The average molecular weight is 884 g/mol. The molecule has 10 heteroatoms. The summed E-state index contributed by atoms with van der Waals surface area (Å²) in [6.07, 6.45) is 14.1. The topological polar surface area (TPSA) is 6.48 Å². The molecule has 0 N–H and O–H groups in total. The first-order valence-corrected chi connectivity index (χ1v) is 25.1. The van der Waals surface area contributed by atoms with Crippen molar-refractivity contribution >= 4 is 73.0 Å². The highest BCUT2D eigenvalue weighted by Gasteiger charge is 2.29. The molecule has 2 aromatic rings. The molecule has 6 unspecified atom stereocenters. The maximum atomic E-state index is 6.78. The Kier molecular flexibility index (Phi) is 31.9. The van der Waals surface area contributed by atoms with Gasteiger partial charge in [0.25, 0.3) is 0 Å². The van der Waals surface area contributed by atoms with Gasteiger partial charge in [0.1, 0.15) is 0 Å². The van der Waals surface area contributed by atoms with E-state index in [1.807, 2.05) is 0 Å². The Balaban J connectivity index is -0.0000000598. The minimum Gasteiger partial charge on any atom is -0.273 e. The largest absolute Gasteiger partial charge is 0.273 e. The monoisotopic (exact) mass is 882 g/mol. The summed E-state index contributed by atoms with van der Waals surface area (Å²) in [5.41, 5.74) is 11.6. The number of aryl methyl sites for hydroxylation is 2. The average Bonchev–Trinajstić information content (AvgIpc) is 3.05. The van der Waals surface area contributed by atoms with Crippen molar-refractivity contribution in [2.24, 2.45) is 0 Å². The quantitative estimate of drug-likeness (QED) is 0.155. The number of hydrogen-bond donors (Lipinski definition) is 0. The second-order valence-electron chi connectivity index (χ2n) is 13.6. The van der Waals surface area contributed by atoms with Crippen molar-refractivity contribution in [3.8, 4) is 71.5 Å². The van der Waals surface area contributed by atoms with Gasteiger partial charge in [0.15, 0.2) is 0 Å². The van der Waals surface area contributed by atoms with Crippen LogP contribution >= 0.6 is 73.0 Å². The summed E-state index contributed by atoms with van der Waals surface area (Å²) in [6.45, 7) is 24.2. The van der Waals surface area contributed by atoms with E-state index in [0.29, 0.717) is 0 Å². The van der Waals surface area contributed by atoms with Crippen molar-refractivity contribution in [3.63, 3.8) is 0 Å². The summed E-state index contributed by atoms with van der Waals surface area (Å²) in [7, 11) is -2.23. The van der Waals surface area contributed by atoms with Gasteiger partial charge in [-0.05, 0) is 167 Å². The van der Waals surface area contributed by atoms with Crippen LogP contribution in [-0.2, 0) is 13.1 Å². The summed E-state index contributed by atoms with van der Waals surface area (Å²) in [5, 5.41) is 0. The SMILES string of the molecule is C.C#CC#CC#CP(C)CCP(C)N(Cc1ccc(C)cc1)C(C)(C)C.C#CC#CC#CP(Cl)CCP(Cl)N(Cc1ccc(C)cc1)C(C)(C)C.P.P.[HH].[HH].[HH].[HH].[HH].[HH].[HH].[HH].[HH].[HH]. The molecule has 0 aromatic heterocycles. The molecule has 308 valence electrons. The van der Waals surface area contributed by atoms with Crippen LogP contribution in [0.15, 0.2) is 48.5 Å². The third-order valence-corrected chi connectivity index (χ3v) is 16.4. The van der Waals surface area contributed by atoms with Crippen LogP contribution in [0.4, 0.5) is 0 Å². The smallest absolute Gasteiger partial charge is 0.0693 e. The van der Waals surface area contributed by atoms with E-state index in [4.69, 9.17) is 35.3 Å². The van der Waals surface area contributed by atoms with Gasteiger partial charge >= 0.3 is 0 Å². The van der Waals surface area contributed by atoms with Crippen LogP contribution in [0.1, 0.15) is 85.5 Å². The van der Waals surface area contributed by atoms with Crippen molar-refractivity contribution in [2.45, 2.75) is 87.0 Å². The molecule has 0 aliphatic carbocycles. The first kappa shape index (κ1) is 56.2. The molecule has 0 heterocycles. The number of terminal acetylenes is 2. The summed E-state index contributed by atoms with van der Waals surface area (Å²) < 4.78 is 5.02. The summed E-state index contributed by atoms with van der Waals surface area (Å²) >= 11 is 13.1. The molecule has 6 atom stereocenters.